The number of para-hydroxylation sites is 2. The number of fused-ring (bicyclic) bond motifs is 3. The Morgan fingerprint density at radius 1 is 0.329 bits per heavy atom. The summed E-state index contributed by atoms with van der Waals surface area (Å²) in [5.41, 5.74) is 17.3. The van der Waals surface area contributed by atoms with E-state index in [0.717, 1.165) is 11.4 Å². The van der Waals surface area contributed by atoms with Gasteiger partial charge in [0.05, 0.1) is 22.4 Å². The molecular weight excluding hydrogens is 845 g/mol. The van der Waals surface area contributed by atoms with Crippen LogP contribution in [0, 0.1) is 0 Å². The van der Waals surface area contributed by atoms with Crippen LogP contribution in [0.2, 0.25) is 0 Å². The maximum absolute atomic E-state index is 2.53. The quantitative estimate of drug-likeness (QED) is 0.151. The highest BCUT2D eigenvalue weighted by Crippen LogP contribution is 2.48. The van der Waals surface area contributed by atoms with E-state index in [1.807, 2.05) is 0 Å². The van der Waals surface area contributed by atoms with Crippen molar-refractivity contribution in [2.24, 2.45) is 0 Å². The van der Waals surface area contributed by atoms with E-state index in [2.05, 4.69) is 275 Å². The first-order valence-electron chi connectivity index (χ1n) is 25.3. The fraction of sp³-hybridized carbons (Fsp3) is 0.235. The lowest BCUT2D eigenvalue weighted by Gasteiger charge is -2.32. The van der Waals surface area contributed by atoms with E-state index < -0.39 is 0 Å². The summed E-state index contributed by atoms with van der Waals surface area (Å²) in [5, 5.41) is 10.1. The first-order chi connectivity index (χ1) is 33.2. The van der Waals surface area contributed by atoms with Gasteiger partial charge in [0.25, 0.3) is 0 Å². The summed E-state index contributed by atoms with van der Waals surface area (Å²) in [7, 11) is 0. The molecule has 0 aliphatic heterocycles. The molecule has 11 rings (SSSR count). The smallest absolute Gasteiger partial charge is 0.0541 e. The van der Waals surface area contributed by atoms with Crippen LogP contribution in [0.25, 0.3) is 82.1 Å². The summed E-state index contributed by atoms with van der Waals surface area (Å²) in [6.45, 7) is 27.9. The van der Waals surface area contributed by atoms with Crippen molar-refractivity contribution in [3.8, 4) is 27.9 Å². The second-order valence-corrected chi connectivity index (χ2v) is 24.0. The van der Waals surface area contributed by atoms with Gasteiger partial charge in [0.15, 0.2) is 0 Å². The monoisotopic (exact) mass is 911 g/mol. The lowest BCUT2D eigenvalue weighted by atomic mass is 9.78. The molecule has 0 bridgehead atoms. The highest BCUT2D eigenvalue weighted by atomic mass is 15.1. The molecule has 0 saturated heterocycles. The molecule has 1 heterocycles. The van der Waals surface area contributed by atoms with E-state index in [9.17, 15) is 0 Å². The SMILES string of the molecule is CC(C)(C)c1cc(-c2ccccc2-c2ccc(N(c3cc(C(C)(C)C)cc(C(C)(C)C)c3)c3ccc4ccc5c(-n6c7ccccc7c7ccccc76)ccc6ccc3c4c65)cc2)cc(C(C)(C)C)c1. The molecule has 0 atom stereocenters. The van der Waals surface area contributed by atoms with Gasteiger partial charge in [-0.05, 0) is 136 Å². The Hall–Kier alpha value is -7.16. The van der Waals surface area contributed by atoms with Gasteiger partial charge in [-0.1, -0.05) is 217 Å². The Bertz CT molecular complexity index is 3680. The van der Waals surface area contributed by atoms with Crippen LogP contribution in [0.5, 0.6) is 0 Å². The number of nitrogens with zero attached hydrogens (tertiary/aromatic N) is 2. The zero-order valence-corrected chi connectivity index (χ0v) is 43.2. The second-order valence-electron chi connectivity index (χ2n) is 24.0. The Morgan fingerprint density at radius 2 is 0.757 bits per heavy atom. The van der Waals surface area contributed by atoms with Gasteiger partial charge >= 0.3 is 0 Å². The van der Waals surface area contributed by atoms with Crippen LogP contribution in [-0.4, -0.2) is 4.57 Å². The van der Waals surface area contributed by atoms with E-state index in [0.29, 0.717) is 0 Å². The lowest BCUT2D eigenvalue weighted by molar-refractivity contribution is 0.568. The first kappa shape index (κ1) is 45.3. The molecule has 0 amide bonds. The first-order valence-corrected chi connectivity index (χ1v) is 25.3. The van der Waals surface area contributed by atoms with Crippen molar-refractivity contribution in [3.63, 3.8) is 0 Å². The number of aromatic nitrogens is 1. The number of rotatable bonds is 6. The van der Waals surface area contributed by atoms with E-state index >= 15 is 0 Å². The van der Waals surface area contributed by atoms with Crippen molar-refractivity contribution in [1.29, 1.82) is 0 Å². The molecule has 0 radical (unpaired) electrons. The summed E-state index contributed by atoms with van der Waals surface area (Å²) in [4.78, 5) is 2.53. The maximum Gasteiger partial charge on any atom is 0.0541 e. The highest BCUT2D eigenvalue weighted by molar-refractivity contribution is 6.27. The third kappa shape index (κ3) is 7.73. The molecule has 70 heavy (non-hydrogen) atoms. The number of hydrogen-bond acceptors (Lipinski definition) is 1. The molecule has 1 aromatic heterocycles. The Balaban J connectivity index is 1.13. The third-order valence-electron chi connectivity index (χ3n) is 14.9. The molecule has 0 fully saturated rings. The second kappa shape index (κ2) is 16.2. The van der Waals surface area contributed by atoms with Crippen molar-refractivity contribution in [3.05, 3.63) is 204 Å². The van der Waals surface area contributed by atoms with Crippen molar-refractivity contribution in [1.82, 2.24) is 4.57 Å². The van der Waals surface area contributed by atoms with E-state index in [4.69, 9.17) is 0 Å². The van der Waals surface area contributed by atoms with Crippen LogP contribution in [0.15, 0.2) is 182 Å². The molecular formula is C68H66N2. The average Bonchev–Trinajstić information content (AvgIpc) is 3.66. The van der Waals surface area contributed by atoms with E-state index in [-0.39, 0.29) is 21.7 Å². The van der Waals surface area contributed by atoms with Crippen LogP contribution in [0.1, 0.15) is 105 Å². The van der Waals surface area contributed by atoms with Crippen molar-refractivity contribution >= 4 is 71.2 Å². The predicted octanol–water partition coefficient (Wildman–Crippen LogP) is 19.7. The maximum atomic E-state index is 2.53. The largest absolute Gasteiger partial charge is 0.310 e. The van der Waals surface area contributed by atoms with Crippen LogP contribution in [0.3, 0.4) is 0 Å². The van der Waals surface area contributed by atoms with Crippen LogP contribution < -0.4 is 4.90 Å². The van der Waals surface area contributed by atoms with E-state index in [1.165, 1.54) is 110 Å². The van der Waals surface area contributed by atoms with Crippen LogP contribution in [0.4, 0.5) is 17.1 Å². The Kier molecular flexibility index (Phi) is 10.5. The van der Waals surface area contributed by atoms with Gasteiger partial charge < -0.3 is 9.47 Å². The van der Waals surface area contributed by atoms with Crippen molar-refractivity contribution < 1.29 is 0 Å². The number of anilines is 3. The molecule has 2 heteroatoms. The van der Waals surface area contributed by atoms with Gasteiger partial charge in [-0.2, -0.15) is 0 Å². The summed E-state index contributed by atoms with van der Waals surface area (Å²) in [6, 6.07) is 69.3. The molecule has 0 spiro atoms. The molecule has 0 N–H and O–H groups in total. The van der Waals surface area contributed by atoms with Crippen LogP contribution >= 0.6 is 0 Å². The number of benzene rings is 10. The topological polar surface area (TPSA) is 8.17 Å². The van der Waals surface area contributed by atoms with Gasteiger partial charge in [0, 0.05) is 32.9 Å². The molecule has 348 valence electrons. The molecule has 0 saturated carbocycles. The van der Waals surface area contributed by atoms with Crippen molar-refractivity contribution in [2.75, 3.05) is 4.90 Å². The summed E-state index contributed by atoms with van der Waals surface area (Å²) in [6.07, 6.45) is 0. The highest BCUT2D eigenvalue weighted by Gasteiger charge is 2.27. The minimum Gasteiger partial charge on any atom is -0.310 e. The lowest BCUT2D eigenvalue weighted by Crippen LogP contribution is -2.19. The standard InChI is InChI=1S/C68H66N2/c1-65(2,3)47-37-46(38-48(39-47)66(4,5)6)54-20-14-13-19-53(54)43-25-31-51(32-26-43)69(52-41-49(67(7,8)9)40-50(42-52)68(10,11)12)61-35-29-44-28-34-58-62(36-30-45-27-33-57(61)63(44)64(45)58)70-59-23-17-15-21-55(59)56-22-16-18-24-60(56)70/h13-42H,1-12H3. The molecule has 0 aliphatic rings. The predicted molar refractivity (Wildman–Crippen MR) is 305 cm³/mol. The molecule has 0 aliphatic carbocycles. The molecule has 0 unspecified atom stereocenters. The zero-order chi connectivity index (χ0) is 49.1. The fourth-order valence-corrected chi connectivity index (χ4v) is 10.8. The minimum absolute atomic E-state index is 0.0208. The molecule has 10 aromatic carbocycles. The minimum atomic E-state index is -0.0573. The molecule has 2 nitrogen and oxygen atoms in total. The van der Waals surface area contributed by atoms with Crippen molar-refractivity contribution in [2.45, 2.75) is 105 Å². The third-order valence-corrected chi connectivity index (χ3v) is 14.9. The fourth-order valence-electron chi connectivity index (χ4n) is 10.8. The average molecular weight is 911 g/mol. The Labute approximate surface area is 415 Å². The number of hydrogen-bond donors (Lipinski definition) is 0. The summed E-state index contributed by atoms with van der Waals surface area (Å²) < 4.78 is 2.47. The van der Waals surface area contributed by atoms with Gasteiger partial charge in [-0.25, -0.2) is 0 Å². The summed E-state index contributed by atoms with van der Waals surface area (Å²) >= 11 is 0. The zero-order valence-electron chi connectivity index (χ0n) is 43.2. The van der Waals surface area contributed by atoms with Gasteiger partial charge in [-0.15, -0.1) is 0 Å². The normalized spacial score (nSPS) is 12.9. The summed E-state index contributed by atoms with van der Waals surface area (Å²) in [5.74, 6) is 0. The molecule has 11 aromatic rings. The van der Waals surface area contributed by atoms with Crippen LogP contribution in [-0.2, 0) is 21.7 Å². The van der Waals surface area contributed by atoms with Gasteiger partial charge in [0.2, 0.25) is 0 Å². The van der Waals surface area contributed by atoms with Gasteiger partial charge in [-0.3, -0.25) is 0 Å². The van der Waals surface area contributed by atoms with E-state index in [1.54, 1.807) is 0 Å². The Morgan fingerprint density at radius 3 is 1.29 bits per heavy atom. The van der Waals surface area contributed by atoms with Gasteiger partial charge in [0.1, 0.15) is 0 Å².